The summed E-state index contributed by atoms with van der Waals surface area (Å²) in [7, 11) is 1.66. The number of hydrogen-bond donors (Lipinski definition) is 1. The van der Waals surface area contributed by atoms with Crippen molar-refractivity contribution in [2.24, 2.45) is 0 Å². The lowest BCUT2D eigenvalue weighted by Crippen LogP contribution is -2.39. The fourth-order valence-electron chi connectivity index (χ4n) is 3.37. The van der Waals surface area contributed by atoms with Gasteiger partial charge >= 0.3 is 11.9 Å². The predicted octanol–water partition coefficient (Wildman–Crippen LogP) is 2.06. The Bertz CT molecular complexity index is 689. The molecule has 0 unspecified atom stereocenters. The first-order chi connectivity index (χ1) is 15.0. The summed E-state index contributed by atoms with van der Waals surface area (Å²) in [5.41, 5.74) is 0.967. The molecule has 0 aromatic heterocycles. The van der Waals surface area contributed by atoms with Crippen molar-refractivity contribution in [2.75, 3.05) is 33.4 Å². The molecule has 0 bridgehead atoms. The maximum Gasteiger partial charge on any atom is 0.320 e. The van der Waals surface area contributed by atoms with Gasteiger partial charge in [-0.3, -0.25) is 14.4 Å². The van der Waals surface area contributed by atoms with E-state index in [2.05, 4.69) is 5.32 Å². The van der Waals surface area contributed by atoms with Crippen molar-refractivity contribution in [3.05, 3.63) is 35.9 Å². The highest BCUT2D eigenvalue weighted by Gasteiger charge is 2.23. The quantitative estimate of drug-likeness (QED) is 0.503. The van der Waals surface area contributed by atoms with Gasteiger partial charge in [-0.05, 0) is 38.2 Å². The fourth-order valence-corrected chi connectivity index (χ4v) is 3.37. The molecular weight excluding hydrogens is 400 g/mol. The summed E-state index contributed by atoms with van der Waals surface area (Å²) in [6.45, 7) is 2.89. The van der Waals surface area contributed by atoms with E-state index in [0.717, 1.165) is 31.2 Å². The molecule has 1 aliphatic rings. The second-order valence-electron chi connectivity index (χ2n) is 7.68. The standard InChI is InChI=1S/C23H34N2O6/c1-3-29-22(27)13-14-25(2)21(26)17-30-20-11-9-19(10-12-20)24-15-23(28)31-16-18-7-5-4-6-8-18/h4-8,19-20,24H,3,9-17H2,1-2H3/t19-,20-. The van der Waals surface area contributed by atoms with Crippen molar-refractivity contribution in [3.63, 3.8) is 0 Å². The molecular formula is C23H34N2O6. The largest absolute Gasteiger partial charge is 0.466 e. The lowest BCUT2D eigenvalue weighted by atomic mass is 9.93. The van der Waals surface area contributed by atoms with Crippen molar-refractivity contribution < 1.29 is 28.6 Å². The first-order valence-electron chi connectivity index (χ1n) is 10.9. The maximum atomic E-state index is 12.1. The third-order valence-corrected chi connectivity index (χ3v) is 5.28. The number of nitrogens with one attached hydrogen (secondary N) is 1. The van der Waals surface area contributed by atoms with Crippen LogP contribution in [0, 0.1) is 0 Å². The number of esters is 2. The van der Waals surface area contributed by atoms with Crippen LogP contribution in [0.5, 0.6) is 0 Å². The van der Waals surface area contributed by atoms with E-state index >= 15 is 0 Å². The van der Waals surface area contributed by atoms with Gasteiger partial charge in [0, 0.05) is 19.6 Å². The smallest absolute Gasteiger partial charge is 0.320 e. The Hall–Kier alpha value is -2.45. The van der Waals surface area contributed by atoms with Gasteiger partial charge in [0.05, 0.1) is 25.7 Å². The van der Waals surface area contributed by atoms with Crippen LogP contribution in [-0.2, 0) is 35.2 Å². The van der Waals surface area contributed by atoms with E-state index in [1.807, 2.05) is 30.3 Å². The molecule has 0 atom stereocenters. The number of hydrogen-bond acceptors (Lipinski definition) is 7. The summed E-state index contributed by atoms with van der Waals surface area (Å²) in [4.78, 5) is 36.9. The molecule has 1 aromatic rings. The highest BCUT2D eigenvalue weighted by Crippen LogP contribution is 2.21. The van der Waals surface area contributed by atoms with Gasteiger partial charge < -0.3 is 24.4 Å². The Labute approximate surface area is 184 Å². The van der Waals surface area contributed by atoms with E-state index in [9.17, 15) is 14.4 Å². The lowest BCUT2D eigenvalue weighted by molar-refractivity contribution is -0.145. The topological polar surface area (TPSA) is 94.2 Å². The molecule has 1 fully saturated rings. The zero-order valence-electron chi connectivity index (χ0n) is 18.5. The first-order valence-corrected chi connectivity index (χ1v) is 10.9. The van der Waals surface area contributed by atoms with Crippen LogP contribution in [0.25, 0.3) is 0 Å². The summed E-state index contributed by atoms with van der Waals surface area (Å²) in [6, 6.07) is 9.84. The van der Waals surface area contributed by atoms with E-state index in [1.165, 1.54) is 4.90 Å². The van der Waals surface area contributed by atoms with Crippen LogP contribution in [-0.4, -0.2) is 68.2 Å². The van der Waals surface area contributed by atoms with Crippen molar-refractivity contribution in [2.45, 2.75) is 57.8 Å². The minimum Gasteiger partial charge on any atom is -0.466 e. The number of amides is 1. The van der Waals surface area contributed by atoms with Gasteiger partial charge in [-0.15, -0.1) is 0 Å². The average Bonchev–Trinajstić information content (AvgIpc) is 2.79. The van der Waals surface area contributed by atoms with Gasteiger partial charge in [-0.25, -0.2) is 0 Å². The number of rotatable bonds is 12. The molecule has 1 aromatic carbocycles. The number of ether oxygens (including phenoxy) is 3. The zero-order chi connectivity index (χ0) is 22.5. The van der Waals surface area contributed by atoms with Crippen molar-refractivity contribution in [1.29, 1.82) is 0 Å². The minimum atomic E-state index is -0.308. The lowest BCUT2D eigenvalue weighted by Gasteiger charge is -2.29. The predicted molar refractivity (Wildman–Crippen MR) is 115 cm³/mol. The Kier molecular flexibility index (Phi) is 11.0. The van der Waals surface area contributed by atoms with Crippen molar-refractivity contribution in [1.82, 2.24) is 10.2 Å². The number of likely N-dealkylation sites (N-methyl/N-ethyl adjacent to an activating group) is 1. The molecule has 2 rings (SSSR count). The second-order valence-corrected chi connectivity index (χ2v) is 7.68. The van der Waals surface area contributed by atoms with Crippen LogP contribution < -0.4 is 5.32 Å². The Morgan fingerprint density at radius 1 is 1.03 bits per heavy atom. The van der Waals surface area contributed by atoms with Crippen LogP contribution in [0.1, 0.15) is 44.6 Å². The molecule has 8 heteroatoms. The van der Waals surface area contributed by atoms with Gasteiger partial charge in [0.1, 0.15) is 13.2 Å². The summed E-state index contributed by atoms with van der Waals surface area (Å²) < 4.78 is 15.9. The van der Waals surface area contributed by atoms with E-state index in [1.54, 1.807) is 14.0 Å². The first kappa shape index (κ1) is 24.8. The molecule has 1 aliphatic carbocycles. The molecule has 0 saturated heterocycles. The normalized spacial score (nSPS) is 18.3. The summed E-state index contributed by atoms with van der Waals surface area (Å²) in [5, 5.41) is 3.25. The van der Waals surface area contributed by atoms with Crippen molar-refractivity contribution >= 4 is 17.8 Å². The highest BCUT2D eigenvalue weighted by molar-refractivity contribution is 5.78. The number of carbonyl (C=O) groups excluding carboxylic acids is 3. The second kappa shape index (κ2) is 13.8. The zero-order valence-corrected chi connectivity index (χ0v) is 18.5. The molecule has 31 heavy (non-hydrogen) atoms. The maximum absolute atomic E-state index is 12.1. The van der Waals surface area contributed by atoms with Gasteiger partial charge in [-0.1, -0.05) is 30.3 Å². The van der Waals surface area contributed by atoms with Crippen LogP contribution in [0.15, 0.2) is 30.3 Å². The van der Waals surface area contributed by atoms with Crippen LogP contribution in [0.2, 0.25) is 0 Å². The SMILES string of the molecule is CCOC(=O)CCN(C)C(=O)CO[C@H]1CC[C@H](NCC(=O)OCc2ccccc2)CC1. The Balaban J connectivity index is 1.55. The van der Waals surface area contributed by atoms with Gasteiger partial charge in [-0.2, -0.15) is 0 Å². The van der Waals surface area contributed by atoms with E-state index in [-0.39, 0.29) is 56.2 Å². The number of benzene rings is 1. The molecule has 0 aliphatic heterocycles. The Morgan fingerprint density at radius 3 is 2.42 bits per heavy atom. The molecule has 0 spiro atoms. The number of nitrogens with zero attached hydrogens (tertiary/aromatic N) is 1. The van der Waals surface area contributed by atoms with E-state index < -0.39 is 0 Å². The molecule has 172 valence electrons. The third kappa shape index (κ3) is 9.93. The average molecular weight is 435 g/mol. The van der Waals surface area contributed by atoms with Gasteiger partial charge in [0.2, 0.25) is 5.91 Å². The molecule has 0 radical (unpaired) electrons. The molecule has 0 heterocycles. The van der Waals surface area contributed by atoms with Gasteiger partial charge in [0.15, 0.2) is 0 Å². The van der Waals surface area contributed by atoms with E-state index in [0.29, 0.717) is 13.2 Å². The monoisotopic (exact) mass is 434 g/mol. The molecule has 1 N–H and O–H groups in total. The molecule has 8 nitrogen and oxygen atoms in total. The summed E-state index contributed by atoms with van der Waals surface area (Å²) in [6.07, 6.45) is 3.63. The highest BCUT2D eigenvalue weighted by atomic mass is 16.5. The molecule has 1 saturated carbocycles. The van der Waals surface area contributed by atoms with Crippen LogP contribution >= 0.6 is 0 Å². The minimum absolute atomic E-state index is 0.00784. The van der Waals surface area contributed by atoms with Crippen molar-refractivity contribution in [3.8, 4) is 0 Å². The van der Waals surface area contributed by atoms with E-state index in [4.69, 9.17) is 14.2 Å². The molecule has 1 amide bonds. The van der Waals surface area contributed by atoms with Crippen LogP contribution in [0.4, 0.5) is 0 Å². The van der Waals surface area contributed by atoms with Gasteiger partial charge in [0.25, 0.3) is 0 Å². The summed E-state index contributed by atoms with van der Waals surface area (Å²) >= 11 is 0. The van der Waals surface area contributed by atoms with Crippen LogP contribution in [0.3, 0.4) is 0 Å². The fraction of sp³-hybridized carbons (Fsp3) is 0.609. The third-order valence-electron chi connectivity index (χ3n) is 5.28. The number of carbonyl (C=O) groups is 3. The summed E-state index contributed by atoms with van der Waals surface area (Å²) in [5.74, 6) is -0.720. The Morgan fingerprint density at radius 2 is 1.74 bits per heavy atom.